The average Bonchev–Trinajstić information content (AvgIpc) is 3.16. The molecule has 0 aromatic carbocycles. The van der Waals surface area contributed by atoms with Gasteiger partial charge in [0.2, 0.25) is 0 Å². The molecule has 2 aliphatic heterocycles. The number of amides is 4. The second-order valence-corrected chi connectivity index (χ2v) is 8.99. The van der Waals surface area contributed by atoms with Crippen molar-refractivity contribution in [2.45, 2.75) is 30.6 Å². The molecule has 3 aliphatic rings. The fraction of sp³-hybridized carbons (Fsp3) is 0.350. The van der Waals surface area contributed by atoms with E-state index >= 15 is 0 Å². The van der Waals surface area contributed by atoms with E-state index in [-0.39, 0.29) is 16.9 Å². The third kappa shape index (κ3) is 4.06. The Hall–Kier alpha value is -3.38. The molecule has 2 aromatic rings. The molecule has 1 saturated heterocycles. The summed E-state index contributed by atoms with van der Waals surface area (Å²) < 4.78 is 1.70. The van der Waals surface area contributed by atoms with Gasteiger partial charge in [-0.2, -0.15) is 9.61 Å². The SMILES string of the molecule is NCCNC(=O)C1=CCC(c2cc(NC3CC3)n3ncc(/C=C4\NC(=O)NC4=O)c3n2)S1. The van der Waals surface area contributed by atoms with Crippen LogP contribution in [0.3, 0.4) is 0 Å². The summed E-state index contributed by atoms with van der Waals surface area (Å²) in [4.78, 5) is 41.1. The van der Waals surface area contributed by atoms with Crippen molar-refractivity contribution in [2.75, 3.05) is 18.4 Å². The molecule has 6 N–H and O–H groups in total. The maximum Gasteiger partial charge on any atom is 0.326 e. The third-order valence-corrected chi connectivity index (χ3v) is 6.56. The number of hydrogen-bond donors (Lipinski definition) is 5. The Kier molecular flexibility index (Phi) is 5.31. The van der Waals surface area contributed by atoms with Crippen molar-refractivity contribution in [1.29, 1.82) is 0 Å². The molecular weight excluding hydrogens is 432 g/mol. The largest absolute Gasteiger partial charge is 0.367 e. The second-order valence-electron chi connectivity index (χ2n) is 7.74. The van der Waals surface area contributed by atoms with E-state index in [4.69, 9.17) is 10.7 Å². The summed E-state index contributed by atoms with van der Waals surface area (Å²) in [5.41, 5.74) is 7.59. The first-order valence-electron chi connectivity index (χ1n) is 10.4. The summed E-state index contributed by atoms with van der Waals surface area (Å²) in [6.07, 6.45) is 7.94. The molecule has 4 heterocycles. The van der Waals surface area contributed by atoms with Crippen molar-refractivity contribution < 1.29 is 14.4 Å². The van der Waals surface area contributed by atoms with E-state index < -0.39 is 11.9 Å². The number of nitrogens with one attached hydrogen (secondary N) is 4. The number of hydrogen-bond acceptors (Lipinski definition) is 8. The predicted molar refractivity (Wildman–Crippen MR) is 119 cm³/mol. The van der Waals surface area contributed by atoms with Gasteiger partial charge >= 0.3 is 6.03 Å². The quantitative estimate of drug-likeness (QED) is 0.301. The molecule has 0 radical (unpaired) electrons. The normalized spacial score (nSPS) is 21.6. The van der Waals surface area contributed by atoms with Gasteiger partial charge in [0.15, 0.2) is 5.65 Å². The molecular formula is C20H22N8O3S. The van der Waals surface area contributed by atoms with Gasteiger partial charge in [0.1, 0.15) is 11.5 Å². The lowest BCUT2D eigenvalue weighted by Crippen LogP contribution is -2.29. The number of urea groups is 1. The smallest absolute Gasteiger partial charge is 0.326 e. The van der Waals surface area contributed by atoms with Crippen molar-refractivity contribution in [1.82, 2.24) is 30.5 Å². The molecule has 166 valence electrons. The van der Waals surface area contributed by atoms with Gasteiger partial charge in [-0.15, -0.1) is 11.8 Å². The molecule has 2 aromatic heterocycles. The van der Waals surface area contributed by atoms with Crippen LogP contribution in [-0.4, -0.2) is 51.6 Å². The number of allylic oxidation sites excluding steroid dienone is 1. The highest BCUT2D eigenvalue weighted by atomic mass is 32.2. The Bertz CT molecular complexity index is 1180. The second kappa shape index (κ2) is 8.28. The van der Waals surface area contributed by atoms with Crippen LogP contribution in [0.15, 0.2) is 28.9 Å². The van der Waals surface area contributed by atoms with E-state index in [1.54, 1.807) is 16.8 Å². The molecule has 5 rings (SSSR count). The highest BCUT2D eigenvalue weighted by Crippen LogP contribution is 2.44. The predicted octanol–water partition coefficient (Wildman–Crippen LogP) is 0.621. The first-order valence-corrected chi connectivity index (χ1v) is 11.2. The lowest BCUT2D eigenvalue weighted by atomic mass is 10.2. The van der Waals surface area contributed by atoms with Crippen molar-refractivity contribution in [3.63, 3.8) is 0 Å². The van der Waals surface area contributed by atoms with Crippen LogP contribution in [-0.2, 0) is 9.59 Å². The number of fused-ring (bicyclic) bond motifs is 1. The van der Waals surface area contributed by atoms with Gasteiger partial charge in [0.25, 0.3) is 11.8 Å². The fourth-order valence-electron chi connectivity index (χ4n) is 3.51. The minimum Gasteiger partial charge on any atom is -0.367 e. The van der Waals surface area contributed by atoms with Crippen LogP contribution in [0.25, 0.3) is 11.7 Å². The van der Waals surface area contributed by atoms with Crippen molar-refractivity contribution in [3.8, 4) is 0 Å². The Morgan fingerprint density at radius 1 is 1.34 bits per heavy atom. The molecule has 11 nitrogen and oxygen atoms in total. The maximum atomic E-state index is 12.3. The van der Waals surface area contributed by atoms with E-state index in [1.807, 2.05) is 12.1 Å². The monoisotopic (exact) mass is 454 g/mol. The summed E-state index contributed by atoms with van der Waals surface area (Å²) in [7, 11) is 0. The molecule has 32 heavy (non-hydrogen) atoms. The fourth-order valence-corrected chi connectivity index (χ4v) is 4.62. The molecule has 1 atom stereocenters. The number of aromatic nitrogens is 3. The van der Waals surface area contributed by atoms with Crippen molar-refractivity contribution in [3.05, 3.63) is 40.2 Å². The molecule has 1 unspecified atom stereocenters. The van der Waals surface area contributed by atoms with Crippen LogP contribution in [0.4, 0.5) is 10.6 Å². The third-order valence-electron chi connectivity index (χ3n) is 5.24. The molecule has 1 saturated carbocycles. The van der Waals surface area contributed by atoms with Gasteiger partial charge in [-0.25, -0.2) is 9.78 Å². The Labute approximate surface area is 187 Å². The Morgan fingerprint density at radius 2 is 2.19 bits per heavy atom. The van der Waals surface area contributed by atoms with Crippen LogP contribution < -0.4 is 27.0 Å². The van der Waals surface area contributed by atoms with Gasteiger partial charge < -0.3 is 21.7 Å². The minimum absolute atomic E-state index is 0.0248. The van der Waals surface area contributed by atoms with Gasteiger partial charge in [-0.05, 0) is 25.3 Å². The summed E-state index contributed by atoms with van der Waals surface area (Å²) in [5.74, 6) is 0.183. The topological polar surface area (TPSA) is 156 Å². The Morgan fingerprint density at radius 3 is 2.91 bits per heavy atom. The molecule has 0 bridgehead atoms. The van der Waals surface area contributed by atoms with Crippen LogP contribution >= 0.6 is 11.8 Å². The number of carbonyl (C=O) groups excluding carboxylic acids is 3. The summed E-state index contributed by atoms with van der Waals surface area (Å²) in [6.45, 7) is 0.818. The van der Waals surface area contributed by atoms with Crippen LogP contribution in [0.2, 0.25) is 0 Å². The molecule has 1 aliphatic carbocycles. The number of rotatable bonds is 7. The minimum atomic E-state index is -0.559. The first-order chi connectivity index (χ1) is 15.5. The number of nitrogens with two attached hydrogens (primary N) is 1. The zero-order valence-corrected chi connectivity index (χ0v) is 17.9. The van der Waals surface area contributed by atoms with Crippen LogP contribution in [0.1, 0.15) is 35.8 Å². The van der Waals surface area contributed by atoms with E-state index in [0.29, 0.717) is 41.7 Å². The molecule has 12 heteroatoms. The van der Waals surface area contributed by atoms with Crippen LogP contribution in [0, 0.1) is 0 Å². The van der Waals surface area contributed by atoms with E-state index in [2.05, 4.69) is 26.4 Å². The number of nitrogens with zero attached hydrogens (tertiary/aromatic N) is 3. The van der Waals surface area contributed by atoms with Gasteiger partial charge in [0.05, 0.1) is 22.0 Å². The van der Waals surface area contributed by atoms with Crippen molar-refractivity contribution in [2.24, 2.45) is 5.73 Å². The van der Waals surface area contributed by atoms with Crippen LogP contribution in [0.5, 0.6) is 0 Å². The maximum absolute atomic E-state index is 12.3. The number of thioether (sulfide) groups is 1. The first kappa shape index (κ1) is 20.5. The van der Waals surface area contributed by atoms with Gasteiger partial charge in [0, 0.05) is 30.8 Å². The highest BCUT2D eigenvalue weighted by Gasteiger charge is 2.29. The zero-order valence-electron chi connectivity index (χ0n) is 17.1. The molecule has 2 fully saturated rings. The van der Waals surface area contributed by atoms with Crippen molar-refractivity contribution >= 4 is 47.1 Å². The summed E-state index contributed by atoms with van der Waals surface area (Å²) in [5, 5.41) is 15.4. The number of carbonyl (C=O) groups is 3. The van der Waals surface area contributed by atoms with Gasteiger partial charge in [-0.1, -0.05) is 6.08 Å². The van der Waals surface area contributed by atoms with Gasteiger partial charge in [-0.3, -0.25) is 14.9 Å². The lowest BCUT2D eigenvalue weighted by molar-refractivity contribution is -0.117. The average molecular weight is 455 g/mol. The molecule has 4 amide bonds. The summed E-state index contributed by atoms with van der Waals surface area (Å²) in [6, 6.07) is 1.80. The zero-order chi connectivity index (χ0) is 22.2. The lowest BCUT2D eigenvalue weighted by Gasteiger charge is -2.14. The van der Waals surface area contributed by atoms with E-state index in [1.165, 1.54) is 11.8 Å². The highest BCUT2D eigenvalue weighted by molar-refractivity contribution is 8.04. The molecule has 0 spiro atoms. The van der Waals surface area contributed by atoms with E-state index in [0.717, 1.165) is 24.4 Å². The number of imide groups is 1. The standard InChI is InChI=1S/C20H22N8O3S/c21-5-6-22-19(30)15-4-3-14(32-15)12-8-16(24-11-1-2-11)28-17(25-12)10(9-23-28)7-13-18(29)27-20(31)26-13/h4,7-9,11,14,24H,1-3,5-6,21H2,(H,22,30)(H2,26,27,29,31)/b13-7-. The Balaban J connectivity index is 1.47. The van der Waals surface area contributed by atoms with E-state index in [9.17, 15) is 14.4 Å². The summed E-state index contributed by atoms with van der Waals surface area (Å²) >= 11 is 1.47. The number of anilines is 1.